The normalized spacial score (nSPS) is 11.8. The van der Waals surface area contributed by atoms with E-state index in [1.165, 1.54) is 6.07 Å². The smallest absolute Gasteiger partial charge is 0.129 e. The van der Waals surface area contributed by atoms with Gasteiger partial charge in [0.1, 0.15) is 5.82 Å². The van der Waals surface area contributed by atoms with E-state index in [0.29, 0.717) is 17.0 Å². The van der Waals surface area contributed by atoms with Crippen molar-refractivity contribution in [3.63, 3.8) is 0 Å². The lowest BCUT2D eigenvalue weighted by molar-refractivity contribution is 0.520. The number of benzene rings is 1. The maximum absolute atomic E-state index is 13.7. The Morgan fingerprint density at radius 2 is 2.25 bits per heavy atom. The van der Waals surface area contributed by atoms with Crippen LogP contribution in [0, 0.1) is 17.7 Å². The van der Waals surface area contributed by atoms with Crippen molar-refractivity contribution in [3.8, 4) is 11.8 Å². The predicted molar refractivity (Wildman–Crippen MR) is 65.9 cm³/mol. The fourth-order valence-corrected chi connectivity index (χ4v) is 1.69. The molecule has 0 aliphatic rings. The summed E-state index contributed by atoms with van der Waals surface area (Å²) >= 11 is 5.71. The lowest BCUT2D eigenvalue weighted by Gasteiger charge is -2.16. The summed E-state index contributed by atoms with van der Waals surface area (Å²) in [6.45, 7) is 4.54. The van der Waals surface area contributed by atoms with Crippen LogP contribution in [0.4, 0.5) is 4.39 Å². The molecule has 1 aromatic carbocycles. The third kappa shape index (κ3) is 3.52. The molecule has 1 nitrogen and oxygen atoms in total. The average Bonchev–Trinajstić information content (AvgIpc) is 2.25. The van der Waals surface area contributed by atoms with Crippen LogP contribution in [-0.4, -0.2) is 6.54 Å². The van der Waals surface area contributed by atoms with E-state index in [1.54, 1.807) is 19.1 Å². The summed E-state index contributed by atoms with van der Waals surface area (Å²) in [5.74, 6) is 5.50. The molecule has 0 heterocycles. The van der Waals surface area contributed by atoms with Gasteiger partial charge >= 0.3 is 0 Å². The minimum atomic E-state index is -0.281. The van der Waals surface area contributed by atoms with E-state index >= 15 is 0 Å². The quantitative estimate of drug-likeness (QED) is 0.793. The highest BCUT2D eigenvalue weighted by molar-refractivity contribution is 6.30. The fraction of sp³-hybridized carbons (Fsp3) is 0.385. The second-order valence-electron chi connectivity index (χ2n) is 3.41. The van der Waals surface area contributed by atoms with Crippen molar-refractivity contribution >= 4 is 11.6 Å². The fourth-order valence-electron chi connectivity index (χ4n) is 1.53. The number of halogens is 2. The molecule has 0 bridgehead atoms. The molecule has 16 heavy (non-hydrogen) atoms. The third-order valence-electron chi connectivity index (χ3n) is 2.27. The van der Waals surface area contributed by atoms with E-state index in [1.807, 2.05) is 6.92 Å². The molecule has 1 N–H and O–H groups in total. The molecule has 0 aliphatic heterocycles. The molecule has 0 saturated carbocycles. The average molecular weight is 240 g/mol. The topological polar surface area (TPSA) is 12.0 Å². The lowest BCUT2D eigenvalue weighted by atomic mass is 10.0. The van der Waals surface area contributed by atoms with Crippen LogP contribution in [0.15, 0.2) is 18.2 Å². The summed E-state index contributed by atoms with van der Waals surface area (Å²) in [7, 11) is 0. The largest absolute Gasteiger partial charge is 0.309 e. The highest BCUT2D eigenvalue weighted by atomic mass is 35.5. The first-order valence-corrected chi connectivity index (χ1v) is 5.64. The van der Waals surface area contributed by atoms with Crippen LogP contribution in [0.1, 0.15) is 31.9 Å². The summed E-state index contributed by atoms with van der Waals surface area (Å²) in [6.07, 6.45) is 0.600. The first-order chi connectivity index (χ1) is 7.69. The van der Waals surface area contributed by atoms with Crippen LogP contribution in [0.3, 0.4) is 0 Å². The van der Waals surface area contributed by atoms with E-state index in [4.69, 9.17) is 11.6 Å². The van der Waals surface area contributed by atoms with E-state index in [2.05, 4.69) is 17.2 Å². The molecule has 1 unspecified atom stereocenters. The molecule has 1 aromatic rings. The van der Waals surface area contributed by atoms with E-state index in [-0.39, 0.29) is 11.9 Å². The van der Waals surface area contributed by atoms with Gasteiger partial charge in [0.15, 0.2) is 0 Å². The van der Waals surface area contributed by atoms with E-state index in [9.17, 15) is 4.39 Å². The Kier molecular flexibility index (Phi) is 5.31. The highest BCUT2D eigenvalue weighted by Gasteiger charge is 2.13. The molecule has 1 rings (SSSR count). The molecular formula is C13H15ClFN. The van der Waals surface area contributed by atoms with Gasteiger partial charge in [-0.15, -0.1) is 11.8 Å². The van der Waals surface area contributed by atoms with Gasteiger partial charge in [-0.3, -0.25) is 0 Å². The van der Waals surface area contributed by atoms with Crippen molar-refractivity contribution in [1.29, 1.82) is 0 Å². The Bertz CT molecular complexity index is 406. The molecule has 86 valence electrons. The third-order valence-corrected chi connectivity index (χ3v) is 2.51. The second kappa shape index (κ2) is 6.52. The standard InChI is InChI=1S/C13H15ClFN/c1-3-5-6-13(16-4-2)11-8-7-10(14)9-12(11)15/h7-9,13,16H,4,6H2,1-2H3. The van der Waals surface area contributed by atoms with Gasteiger partial charge in [-0.05, 0) is 25.6 Å². The van der Waals surface area contributed by atoms with Gasteiger partial charge in [0.05, 0.1) is 0 Å². The molecule has 0 aliphatic carbocycles. The zero-order chi connectivity index (χ0) is 12.0. The molecule has 0 fully saturated rings. The summed E-state index contributed by atoms with van der Waals surface area (Å²) in [6, 6.07) is 4.67. The van der Waals surface area contributed by atoms with Crippen LogP contribution in [0.25, 0.3) is 0 Å². The van der Waals surface area contributed by atoms with E-state index in [0.717, 1.165) is 6.54 Å². The molecule has 0 saturated heterocycles. The minimum Gasteiger partial charge on any atom is -0.309 e. The Hall–Kier alpha value is -1.04. The van der Waals surface area contributed by atoms with Gasteiger partial charge in [0, 0.05) is 23.0 Å². The number of hydrogen-bond acceptors (Lipinski definition) is 1. The maximum atomic E-state index is 13.7. The number of hydrogen-bond donors (Lipinski definition) is 1. The second-order valence-corrected chi connectivity index (χ2v) is 3.84. The van der Waals surface area contributed by atoms with Gasteiger partial charge in [-0.25, -0.2) is 4.39 Å². The Morgan fingerprint density at radius 1 is 1.50 bits per heavy atom. The van der Waals surface area contributed by atoms with Crippen LogP contribution in [-0.2, 0) is 0 Å². The summed E-state index contributed by atoms with van der Waals surface area (Å²) in [5.41, 5.74) is 0.619. The molecule has 0 radical (unpaired) electrons. The molecule has 3 heteroatoms. The summed E-state index contributed by atoms with van der Waals surface area (Å²) in [5, 5.41) is 3.62. The Labute approximate surface area is 101 Å². The lowest BCUT2D eigenvalue weighted by Crippen LogP contribution is -2.21. The molecule has 0 amide bonds. The zero-order valence-electron chi connectivity index (χ0n) is 9.48. The number of rotatable bonds is 4. The van der Waals surface area contributed by atoms with Crippen molar-refractivity contribution in [2.45, 2.75) is 26.3 Å². The van der Waals surface area contributed by atoms with Crippen molar-refractivity contribution in [2.75, 3.05) is 6.54 Å². The van der Waals surface area contributed by atoms with Crippen LogP contribution >= 0.6 is 11.6 Å². The van der Waals surface area contributed by atoms with Crippen LogP contribution < -0.4 is 5.32 Å². The SMILES string of the molecule is CC#CCC(NCC)c1ccc(Cl)cc1F. The predicted octanol–water partition coefficient (Wildman–Crippen LogP) is 3.54. The monoisotopic (exact) mass is 239 g/mol. The van der Waals surface area contributed by atoms with E-state index < -0.39 is 0 Å². The van der Waals surface area contributed by atoms with Gasteiger partial charge in [0.25, 0.3) is 0 Å². The van der Waals surface area contributed by atoms with Gasteiger partial charge in [-0.2, -0.15) is 0 Å². The van der Waals surface area contributed by atoms with Gasteiger partial charge in [0.2, 0.25) is 0 Å². The summed E-state index contributed by atoms with van der Waals surface area (Å²) in [4.78, 5) is 0. The Morgan fingerprint density at radius 3 is 2.81 bits per heavy atom. The first-order valence-electron chi connectivity index (χ1n) is 5.27. The summed E-state index contributed by atoms with van der Waals surface area (Å²) < 4.78 is 13.7. The van der Waals surface area contributed by atoms with Crippen molar-refractivity contribution in [3.05, 3.63) is 34.6 Å². The van der Waals surface area contributed by atoms with Crippen molar-refractivity contribution in [2.24, 2.45) is 0 Å². The molecular weight excluding hydrogens is 225 g/mol. The van der Waals surface area contributed by atoms with Crippen molar-refractivity contribution in [1.82, 2.24) is 5.32 Å². The highest BCUT2D eigenvalue weighted by Crippen LogP contribution is 2.22. The minimum absolute atomic E-state index is 0.0743. The van der Waals surface area contributed by atoms with Crippen LogP contribution in [0.5, 0.6) is 0 Å². The van der Waals surface area contributed by atoms with Gasteiger partial charge < -0.3 is 5.32 Å². The van der Waals surface area contributed by atoms with Crippen molar-refractivity contribution < 1.29 is 4.39 Å². The zero-order valence-corrected chi connectivity index (χ0v) is 10.2. The Balaban J connectivity index is 2.94. The molecule has 0 aromatic heterocycles. The van der Waals surface area contributed by atoms with Crippen LogP contribution in [0.2, 0.25) is 5.02 Å². The maximum Gasteiger partial charge on any atom is 0.129 e. The number of nitrogens with one attached hydrogen (secondary N) is 1. The molecule has 0 spiro atoms. The first kappa shape index (κ1) is 13.0. The van der Waals surface area contributed by atoms with Gasteiger partial charge in [-0.1, -0.05) is 24.6 Å². The molecule has 1 atom stereocenters.